The number of halogens is 2. The monoisotopic (exact) mass is 546 g/mol. The first-order valence-corrected chi connectivity index (χ1v) is 13.2. The van der Waals surface area contributed by atoms with Crippen molar-refractivity contribution in [2.24, 2.45) is 5.10 Å². The van der Waals surface area contributed by atoms with E-state index in [1.807, 2.05) is 24.3 Å². The second kappa shape index (κ2) is 12.0. The lowest BCUT2D eigenvalue weighted by molar-refractivity contribution is 0.0955. The predicted octanol–water partition coefficient (Wildman–Crippen LogP) is 5.93. The van der Waals surface area contributed by atoms with E-state index in [4.69, 9.17) is 23.2 Å². The highest BCUT2D eigenvalue weighted by Gasteiger charge is 2.18. The molecule has 2 N–H and O–H groups in total. The summed E-state index contributed by atoms with van der Waals surface area (Å²) in [6.07, 6.45) is 1.65. The topological polar surface area (TPSA) is 68.2 Å². The average molecular weight is 547 g/mol. The van der Waals surface area contributed by atoms with Crippen molar-refractivity contribution in [1.82, 2.24) is 15.2 Å². The summed E-state index contributed by atoms with van der Waals surface area (Å²) < 4.78 is 0. The number of carbonyl (C=O) groups excluding carboxylic acids is 1. The number of hydrogen-bond acceptors (Lipinski definition) is 5. The van der Waals surface area contributed by atoms with Crippen LogP contribution in [0.5, 0.6) is 5.75 Å². The molecule has 0 aromatic heterocycles. The van der Waals surface area contributed by atoms with Crippen LogP contribution in [0.3, 0.4) is 0 Å². The van der Waals surface area contributed by atoms with E-state index in [2.05, 4.69) is 56.7 Å². The van der Waals surface area contributed by atoms with E-state index in [1.54, 1.807) is 6.21 Å². The summed E-state index contributed by atoms with van der Waals surface area (Å²) in [7, 11) is 0. The molecule has 0 radical (unpaired) electrons. The number of aromatic hydroxyl groups is 1. The van der Waals surface area contributed by atoms with E-state index in [0.29, 0.717) is 5.56 Å². The van der Waals surface area contributed by atoms with Crippen molar-refractivity contribution < 1.29 is 9.90 Å². The molecule has 0 bridgehead atoms. The molecule has 8 heteroatoms. The van der Waals surface area contributed by atoms with Gasteiger partial charge in [0.15, 0.2) is 0 Å². The average Bonchev–Trinajstić information content (AvgIpc) is 2.93. The number of amides is 1. The number of rotatable bonds is 7. The Kier molecular flexibility index (Phi) is 8.25. The van der Waals surface area contributed by atoms with Gasteiger partial charge in [-0.1, -0.05) is 71.7 Å². The molecule has 0 atom stereocenters. The third-order valence-electron chi connectivity index (χ3n) is 6.80. The Labute approximate surface area is 232 Å². The fraction of sp³-hybridized carbons (Fsp3) is 0.200. The van der Waals surface area contributed by atoms with Gasteiger partial charge in [0.1, 0.15) is 5.75 Å². The van der Waals surface area contributed by atoms with Crippen LogP contribution in [-0.4, -0.2) is 53.2 Å². The number of hydrazone groups is 1. The summed E-state index contributed by atoms with van der Waals surface area (Å²) >= 11 is 11.9. The molecule has 0 saturated carbocycles. The zero-order valence-corrected chi connectivity index (χ0v) is 22.3. The van der Waals surface area contributed by atoms with Crippen molar-refractivity contribution in [2.75, 3.05) is 26.2 Å². The number of hydrogen-bond donors (Lipinski definition) is 2. The van der Waals surface area contributed by atoms with Gasteiger partial charge in [-0.3, -0.25) is 14.6 Å². The molecular formula is C30H28Cl2N4O2. The van der Waals surface area contributed by atoms with Crippen LogP contribution in [0.25, 0.3) is 10.8 Å². The maximum Gasteiger partial charge on any atom is 0.271 e. The van der Waals surface area contributed by atoms with Crippen LogP contribution >= 0.6 is 23.2 Å². The normalized spacial score (nSPS) is 14.8. The molecule has 4 aromatic carbocycles. The Hall–Kier alpha value is -3.42. The summed E-state index contributed by atoms with van der Waals surface area (Å²) in [6.45, 7) is 5.90. The van der Waals surface area contributed by atoms with Gasteiger partial charge in [-0.05, 0) is 52.2 Å². The molecule has 0 aliphatic carbocycles. The van der Waals surface area contributed by atoms with Gasteiger partial charge in [-0.15, -0.1) is 0 Å². The van der Waals surface area contributed by atoms with Crippen LogP contribution in [0, 0.1) is 0 Å². The Morgan fingerprint density at radius 1 is 0.868 bits per heavy atom. The Bertz CT molecular complexity index is 1470. The number of phenolic OH excluding ortho intramolecular Hbond substituents is 1. The lowest BCUT2D eigenvalue weighted by atomic mass is 10.00. The summed E-state index contributed by atoms with van der Waals surface area (Å²) in [5.41, 5.74) is 6.33. The second-order valence-corrected chi connectivity index (χ2v) is 10.2. The largest absolute Gasteiger partial charge is 0.506 e. The van der Waals surface area contributed by atoms with Crippen LogP contribution < -0.4 is 5.43 Å². The molecule has 4 aromatic rings. The van der Waals surface area contributed by atoms with Gasteiger partial charge >= 0.3 is 0 Å². The minimum absolute atomic E-state index is 0.0712. The fourth-order valence-electron chi connectivity index (χ4n) is 4.72. The number of phenols is 1. The zero-order chi connectivity index (χ0) is 26.5. The van der Waals surface area contributed by atoms with E-state index in [9.17, 15) is 9.90 Å². The first kappa shape index (κ1) is 26.2. The molecule has 1 saturated heterocycles. The highest BCUT2D eigenvalue weighted by Crippen LogP contribution is 2.25. The molecule has 1 fully saturated rings. The zero-order valence-electron chi connectivity index (χ0n) is 20.8. The van der Waals surface area contributed by atoms with E-state index < -0.39 is 5.91 Å². The van der Waals surface area contributed by atoms with Crippen LogP contribution in [-0.2, 0) is 13.1 Å². The van der Waals surface area contributed by atoms with Gasteiger partial charge in [-0.25, -0.2) is 5.43 Å². The van der Waals surface area contributed by atoms with Gasteiger partial charge in [0.05, 0.1) is 11.2 Å². The summed E-state index contributed by atoms with van der Waals surface area (Å²) in [5, 5.41) is 16.9. The quantitative estimate of drug-likeness (QED) is 0.222. The van der Waals surface area contributed by atoms with E-state index >= 15 is 0 Å². The van der Waals surface area contributed by atoms with E-state index in [-0.39, 0.29) is 10.8 Å². The maximum absolute atomic E-state index is 12.4. The van der Waals surface area contributed by atoms with Crippen molar-refractivity contribution in [1.29, 1.82) is 0 Å². The third-order valence-corrected chi connectivity index (χ3v) is 7.36. The summed E-state index contributed by atoms with van der Waals surface area (Å²) in [5.74, 6) is -0.475. The Morgan fingerprint density at radius 2 is 1.55 bits per heavy atom. The number of benzene rings is 4. The molecule has 1 aliphatic heterocycles. The lowest BCUT2D eigenvalue weighted by Gasteiger charge is -2.35. The molecule has 1 aliphatic rings. The Balaban J connectivity index is 1.22. The Morgan fingerprint density at radius 3 is 2.29 bits per heavy atom. The number of fused-ring (bicyclic) bond motifs is 1. The van der Waals surface area contributed by atoms with Crippen LogP contribution in [0.15, 0.2) is 84.0 Å². The summed E-state index contributed by atoms with van der Waals surface area (Å²) in [4.78, 5) is 17.4. The van der Waals surface area contributed by atoms with Gasteiger partial charge in [0.25, 0.3) is 5.91 Å². The number of nitrogens with one attached hydrogen (secondary N) is 1. The SMILES string of the molecule is O=C(NN=Cc1cccc2c(CN3CCN(Cc4ccc(Cl)cc4)CC3)cccc12)c1ccc(O)c(Cl)c1. The van der Waals surface area contributed by atoms with Crippen molar-refractivity contribution >= 4 is 46.1 Å². The molecule has 6 nitrogen and oxygen atoms in total. The second-order valence-electron chi connectivity index (χ2n) is 9.40. The van der Waals surface area contributed by atoms with Gasteiger partial charge in [0, 0.05) is 55.4 Å². The molecule has 0 spiro atoms. The van der Waals surface area contributed by atoms with Gasteiger partial charge in [0.2, 0.25) is 0 Å². The van der Waals surface area contributed by atoms with Crippen molar-refractivity contribution in [2.45, 2.75) is 13.1 Å². The maximum atomic E-state index is 12.4. The molecule has 1 amide bonds. The first-order chi connectivity index (χ1) is 18.5. The highest BCUT2D eigenvalue weighted by atomic mass is 35.5. The van der Waals surface area contributed by atoms with Crippen molar-refractivity contribution in [3.63, 3.8) is 0 Å². The van der Waals surface area contributed by atoms with E-state index in [0.717, 1.165) is 55.2 Å². The minimum atomic E-state index is -0.403. The fourth-order valence-corrected chi connectivity index (χ4v) is 5.02. The lowest BCUT2D eigenvalue weighted by Crippen LogP contribution is -2.45. The third kappa shape index (κ3) is 6.34. The minimum Gasteiger partial charge on any atom is -0.506 e. The molecule has 1 heterocycles. The molecule has 5 rings (SSSR count). The molecule has 0 unspecified atom stereocenters. The van der Waals surface area contributed by atoms with Crippen molar-refractivity contribution in [3.05, 3.63) is 111 Å². The first-order valence-electron chi connectivity index (χ1n) is 12.5. The van der Waals surface area contributed by atoms with Crippen LogP contribution in [0.2, 0.25) is 10.0 Å². The number of carbonyl (C=O) groups is 1. The van der Waals surface area contributed by atoms with E-state index in [1.165, 1.54) is 34.7 Å². The molecular weight excluding hydrogens is 519 g/mol. The smallest absolute Gasteiger partial charge is 0.271 e. The standard InChI is InChI=1S/C30H28Cl2N4O2/c31-25-10-7-21(8-11-25)19-35-13-15-36(16-14-35)20-24-4-2-5-26-23(3-1-6-27(24)26)18-33-34-30(38)22-9-12-29(37)28(32)17-22/h1-12,17-18,37H,13-16,19-20H2,(H,34,38). The highest BCUT2D eigenvalue weighted by molar-refractivity contribution is 6.32. The van der Waals surface area contributed by atoms with Gasteiger partial charge < -0.3 is 5.11 Å². The van der Waals surface area contributed by atoms with Crippen LogP contribution in [0.4, 0.5) is 0 Å². The van der Waals surface area contributed by atoms with Gasteiger partial charge in [-0.2, -0.15) is 5.10 Å². The predicted molar refractivity (Wildman–Crippen MR) is 154 cm³/mol. The summed E-state index contributed by atoms with van der Waals surface area (Å²) in [6, 6.07) is 24.8. The van der Waals surface area contributed by atoms with Crippen LogP contribution in [0.1, 0.15) is 27.0 Å². The van der Waals surface area contributed by atoms with Crippen molar-refractivity contribution in [3.8, 4) is 5.75 Å². The number of piperazine rings is 1. The number of nitrogens with zero attached hydrogens (tertiary/aromatic N) is 3. The molecule has 38 heavy (non-hydrogen) atoms. The molecule has 194 valence electrons.